The SMILES string of the molecule is COCCc1c(COc2ccc(Cl)c3c2[C@@H](CN2CCCC2=O)N(C(=O)[C@@H]2CCCC[C@]2(C)C(=O)O)CC3)nnn1C. The fourth-order valence-electron chi connectivity index (χ4n) is 6.83. The Morgan fingerprint density at radius 3 is 2.71 bits per heavy atom. The first-order chi connectivity index (χ1) is 20.2. The number of benzene rings is 1. The number of carboxylic acid groups (broad SMARTS) is 1. The van der Waals surface area contributed by atoms with Crippen LogP contribution in [-0.4, -0.2) is 81.0 Å². The highest BCUT2D eigenvalue weighted by molar-refractivity contribution is 6.31. The zero-order valence-electron chi connectivity index (χ0n) is 24.6. The maximum Gasteiger partial charge on any atom is 0.310 e. The molecule has 2 aromatic rings. The number of hydrogen-bond donors (Lipinski definition) is 1. The molecule has 3 heterocycles. The third-order valence-corrected chi connectivity index (χ3v) is 9.70. The Labute approximate surface area is 251 Å². The molecule has 1 aromatic heterocycles. The van der Waals surface area contributed by atoms with Crippen LogP contribution < -0.4 is 4.74 Å². The van der Waals surface area contributed by atoms with Crippen LogP contribution in [0.1, 0.15) is 74.0 Å². The number of fused-ring (bicyclic) bond motifs is 1. The minimum atomic E-state index is -1.14. The van der Waals surface area contributed by atoms with Crippen LogP contribution in [-0.2, 0) is 45.6 Å². The van der Waals surface area contributed by atoms with Gasteiger partial charge >= 0.3 is 5.97 Å². The molecule has 2 aliphatic heterocycles. The van der Waals surface area contributed by atoms with Crippen LogP contribution in [0.2, 0.25) is 5.02 Å². The molecule has 0 radical (unpaired) electrons. The van der Waals surface area contributed by atoms with Gasteiger partial charge < -0.3 is 24.4 Å². The fourth-order valence-corrected chi connectivity index (χ4v) is 7.09. The molecule has 1 N–H and O–H groups in total. The zero-order valence-corrected chi connectivity index (χ0v) is 25.4. The molecule has 2 fully saturated rings. The first-order valence-electron chi connectivity index (χ1n) is 14.8. The quantitative estimate of drug-likeness (QED) is 0.438. The molecule has 11 nitrogen and oxygen atoms in total. The molecule has 3 aliphatic rings. The topological polar surface area (TPSA) is 127 Å². The van der Waals surface area contributed by atoms with Crippen molar-refractivity contribution in [1.82, 2.24) is 24.8 Å². The van der Waals surface area contributed by atoms with Crippen molar-refractivity contribution >= 4 is 29.4 Å². The van der Waals surface area contributed by atoms with Crippen molar-refractivity contribution in [2.75, 3.05) is 33.4 Å². The van der Waals surface area contributed by atoms with Gasteiger partial charge in [0.25, 0.3) is 0 Å². The maximum absolute atomic E-state index is 14.3. The number of aromatic nitrogens is 3. The Balaban J connectivity index is 1.51. The summed E-state index contributed by atoms with van der Waals surface area (Å²) in [5.74, 6) is -1.15. The molecule has 0 unspecified atom stereocenters. The number of likely N-dealkylation sites (tertiary alicyclic amines) is 1. The minimum Gasteiger partial charge on any atom is -0.487 e. The van der Waals surface area contributed by atoms with Gasteiger partial charge in [-0.1, -0.05) is 29.7 Å². The molecular formula is C30H40ClN5O6. The molecule has 42 heavy (non-hydrogen) atoms. The van der Waals surface area contributed by atoms with Gasteiger partial charge in [-0.05, 0) is 50.3 Å². The summed E-state index contributed by atoms with van der Waals surface area (Å²) in [6.45, 7) is 3.67. The number of rotatable bonds is 10. The summed E-state index contributed by atoms with van der Waals surface area (Å²) in [4.78, 5) is 43.1. The van der Waals surface area contributed by atoms with Crippen molar-refractivity contribution in [2.45, 2.75) is 70.9 Å². The van der Waals surface area contributed by atoms with Crippen LogP contribution in [0.5, 0.6) is 5.75 Å². The van der Waals surface area contributed by atoms with Gasteiger partial charge in [0.15, 0.2) is 0 Å². The number of halogens is 1. The molecule has 3 atom stereocenters. The Hall–Kier alpha value is -3.18. The average Bonchev–Trinajstić information content (AvgIpc) is 3.55. The second kappa shape index (κ2) is 12.6. The van der Waals surface area contributed by atoms with Gasteiger partial charge in [-0.15, -0.1) is 5.10 Å². The summed E-state index contributed by atoms with van der Waals surface area (Å²) < 4.78 is 13.4. The Kier molecular flexibility index (Phi) is 9.08. The summed E-state index contributed by atoms with van der Waals surface area (Å²) in [5.41, 5.74) is 2.12. The number of aryl methyl sites for hydroxylation is 1. The lowest BCUT2D eigenvalue weighted by Gasteiger charge is -2.45. The Bertz CT molecular complexity index is 1350. The van der Waals surface area contributed by atoms with E-state index in [9.17, 15) is 19.5 Å². The standard InChI is InChI=1S/C30H40ClN5O6/c1-30(29(39)40)13-5-4-7-20(30)28(38)36-15-11-19-21(31)9-10-25(27(19)24(36)17-35-14-6-8-26(35)37)42-18-22-23(12-16-41-3)34(2)33-32-22/h9-10,20,24H,4-8,11-18H2,1-3H3,(H,39,40)/t20-,24+,30-/m0/s1. The molecule has 5 rings (SSSR count). The largest absolute Gasteiger partial charge is 0.487 e. The zero-order chi connectivity index (χ0) is 30.0. The van der Waals surface area contributed by atoms with E-state index >= 15 is 0 Å². The van der Waals surface area contributed by atoms with E-state index in [1.54, 1.807) is 40.6 Å². The summed E-state index contributed by atoms with van der Waals surface area (Å²) in [5, 5.41) is 19.2. The highest BCUT2D eigenvalue weighted by atomic mass is 35.5. The van der Waals surface area contributed by atoms with E-state index in [0.29, 0.717) is 74.8 Å². The molecule has 228 valence electrons. The van der Waals surface area contributed by atoms with Gasteiger partial charge in [0.2, 0.25) is 11.8 Å². The lowest BCUT2D eigenvalue weighted by atomic mass is 9.66. The smallest absolute Gasteiger partial charge is 0.310 e. The van der Waals surface area contributed by atoms with Gasteiger partial charge in [-0.3, -0.25) is 19.1 Å². The lowest BCUT2D eigenvalue weighted by molar-refractivity contribution is -0.162. The Morgan fingerprint density at radius 1 is 1.19 bits per heavy atom. The minimum absolute atomic E-state index is 0.0504. The number of ether oxygens (including phenoxy) is 2. The molecule has 0 bridgehead atoms. The number of carbonyl (C=O) groups excluding carboxylic acids is 2. The molecule has 1 saturated carbocycles. The number of hydrogen-bond acceptors (Lipinski definition) is 7. The van der Waals surface area contributed by atoms with Crippen molar-refractivity contribution in [3.8, 4) is 5.75 Å². The first kappa shape index (κ1) is 30.3. The van der Waals surface area contributed by atoms with Crippen LogP contribution >= 0.6 is 11.6 Å². The monoisotopic (exact) mass is 601 g/mol. The molecule has 2 amide bonds. The van der Waals surface area contributed by atoms with Gasteiger partial charge in [-0.25, -0.2) is 0 Å². The lowest BCUT2D eigenvalue weighted by Crippen LogP contribution is -2.52. The number of carboxylic acids is 1. The second-order valence-corrected chi connectivity index (χ2v) is 12.2. The summed E-state index contributed by atoms with van der Waals surface area (Å²) >= 11 is 6.73. The van der Waals surface area contributed by atoms with E-state index in [-0.39, 0.29) is 18.4 Å². The normalized spacial score (nSPS) is 24.1. The van der Waals surface area contributed by atoms with Crippen molar-refractivity contribution in [3.63, 3.8) is 0 Å². The Morgan fingerprint density at radius 2 is 2.00 bits per heavy atom. The molecule has 1 aliphatic carbocycles. The highest BCUT2D eigenvalue weighted by Crippen LogP contribution is 2.46. The summed E-state index contributed by atoms with van der Waals surface area (Å²) in [6.07, 6.45) is 4.95. The molecule has 1 aromatic carbocycles. The van der Waals surface area contributed by atoms with Gasteiger partial charge in [0, 0.05) is 57.2 Å². The summed E-state index contributed by atoms with van der Waals surface area (Å²) in [7, 11) is 3.47. The van der Waals surface area contributed by atoms with Crippen LogP contribution in [0.15, 0.2) is 12.1 Å². The molecule has 0 spiro atoms. The van der Waals surface area contributed by atoms with E-state index in [0.717, 1.165) is 36.1 Å². The summed E-state index contributed by atoms with van der Waals surface area (Å²) in [6, 6.07) is 3.09. The van der Waals surface area contributed by atoms with Crippen molar-refractivity contribution < 1.29 is 29.0 Å². The van der Waals surface area contributed by atoms with Gasteiger partial charge in [0.1, 0.15) is 18.1 Å². The maximum atomic E-state index is 14.3. The highest BCUT2D eigenvalue weighted by Gasteiger charge is 2.50. The first-order valence-corrected chi connectivity index (χ1v) is 15.2. The van der Waals surface area contributed by atoms with Crippen LogP contribution in [0.4, 0.5) is 0 Å². The van der Waals surface area contributed by atoms with Crippen LogP contribution in [0.25, 0.3) is 0 Å². The van der Waals surface area contributed by atoms with E-state index in [2.05, 4.69) is 10.3 Å². The number of nitrogens with zero attached hydrogens (tertiary/aromatic N) is 5. The predicted octanol–water partition coefficient (Wildman–Crippen LogP) is 3.57. The third-order valence-electron chi connectivity index (χ3n) is 9.35. The van der Waals surface area contributed by atoms with Crippen LogP contribution in [0.3, 0.4) is 0 Å². The average molecular weight is 602 g/mol. The predicted molar refractivity (Wildman–Crippen MR) is 154 cm³/mol. The number of amides is 2. The van der Waals surface area contributed by atoms with Crippen molar-refractivity contribution in [2.24, 2.45) is 18.4 Å². The van der Waals surface area contributed by atoms with Gasteiger partial charge in [0.05, 0.1) is 29.7 Å². The second-order valence-electron chi connectivity index (χ2n) is 11.8. The molecule has 12 heteroatoms. The van der Waals surface area contributed by atoms with Crippen molar-refractivity contribution in [1.29, 1.82) is 0 Å². The molecular weight excluding hydrogens is 562 g/mol. The number of methoxy groups -OCH3 is 1. The third kappa shape index (κ3) is 5.73. The molecule has 1 saturated heterocycles. The van der Waals surface area contributed by atoms with Crippen LogP contribution in [0, 0.1) is 11.3 Å². The number of carbonyl (C=O) groups is 3. The number of aliphatic carboxylic acids is 1. The van der Waals surface area contributed by atoms with E-state index < -0.39 is 23.3 Å². The van der Waals surface area contributed by atoms with E-state index in [4.69, 9.17) is 21.1 Å². The van der Waals surface area contributed by atoms with Crippen molar-refractivity contribution in [3.05, 3.63) is 39.7 Å². The van der Waals surface area contributed by atoms with Gasteiger partial charge in [-0.2, -0.15) is 0 Å². The van der Waals surface area contributed by atoms with E-state index in [1.807, 2.05) is 7.05 Å². The van der Waals surface area contributed by atoms with E-state index in [1.165, 1.54) is 0 Å². The fraction of sp³-hybridized carbons (Fsp3) is 0.633.